The minimum atomic E-state index is -0.511. The Morgan fingerprint density at radius 3 is 1.89 bits per heavy atom. The highest BCUT2D eigenvalue weighted by Gasteiger charge is 2.37. The molecule has 0 spiro atoms. The predicted octanol–water partition coefficient (Wildman–Crippen LogP) is 1.65. The standard InChI is InChI=1S/C14H25NO4/c1-13(2,3)18-11(16)9-7-10(15-8-9)12(17)19-14(4,5)6/h9-10,15H,7-8H2,1-6H3/t9-,10-/m1/s1. The largest absolute Gasteiger partial charge is 0.460 e. The highest BCUT2D eigenvalue weighted by atomic mass is 16.6. The molecule has 2 atom stereocenters. The van der Waals surface area contributed by atoms with Gasteiger partial charge in [-0.15, -0.1) is 0 Å². The summed E-state index contributed by atoms with van der Waals surface area (Å²) in [7, 11) is 0. The Balaban J connectivity index is 2.50. The number of rotatable bonds is 2. The van der Waals surface area contributed by atoms with Gasteiger partial charge in [0.1, 0.15) is 17.2 Å². The maximum absolute atomic E-state index is 11.9. The molecule has 0 aromatic carbocycles. The summed E-state index contributed by atoms with van der Waals surface area (Å²) >= 11 is 0. The van der Waals surface area contributed by atoms with Crippen LogP contribution in [0, 0.1) is 5.92 Å². The lowest BCUT2D eigenvalue weighted by Crippen LogP contribution is -2.37. The van der Waals surface area contributed by atoms with Crippen molar-refractivity contribution in [2.45, 2.75) is 65.2 Å². The molecule has 0 aliphatic carbocycles. The molecule has 1 N–H and O–H groups in total. The molecule has 1 fully saturated rings. The lowest BCUT2D eigenvalue weighted by molar-refractivity contribution is -0.159. The first-order valence-electron chi connectivity index (χ1n) is 6.67. The molecule has 1 heterocycles. The number of ether oxygens (including phenoxy) is 2. The van der Waals surface area contributed by atoms with Crippen LogP contribution in [0.3, 0.4) is 0 Å². The van der Waals surface area contributed by atoms with Gasteiger partial charge in [0.15, 0.2) is 0 Å². The molecular formula is C14H25NO4. The number of carbonyl (C=O) groups excluding carboxylic acids is 2. The second kappa shape index (κ2) is 5.49. The molecule has 1 rings (SSSR count). The summed E-state index contributed by atoms with van der Waals surface area (Å²) in [5.41, 5.74) is -1.01. The molecule has 0 radical (unpaired) electrons. The van der Waals surface area contributed by atoms with Crippen molar-refractivity contribution in [1.29, 1.82) is 0 Å². The normalized spacial score (nSPS) is 24.1. The van der Waals surface area contributed by atoms with Gasteiger partial charge in [-0.05, 0) is 48.0 Å². The van der Waals surface area contributed by atoms with Crippen LogP contribution in [0.5, 0.6) is 0 Å². The second-order valence-electron chi connectivity index (χ2n) is 6.96. The van der Waals surface area contributed by atoms with Crippen LogP contribution >= 0.6 is 0 Å². The molecule has 1 saturated heterocycles. The molecule has 0 amide bonds. The molecule has 5 nitrogen and oxygen atoms in total. The van der Waals surface area contributed by atoms with Gasteiger partial charge in [-0.2, -0.15) is 0 Å². The number of hydrogen-bond donors (Lipinski definition) is 1. The number of esters is 2. The molecule has 0 aromatic rings. The third-order valence-corrected chi connectivity index (χ3v) is 2.56. The monoisotopic (exact) mass is 271 g/mol. The highest BCUT2D eigenvalue weighted by molar-refractivity contribution is 5.80. The molecule has 0 aromatic heterocycles. The molecular weight excluding hydrogens is 246 g/mol. The van der Waals surface area contributed by atoms with Crippen molar-refractivity contribution in [3.05, 3.63) is 0 Å². The molecule has 0 saturated carbocycles. The first-order chi connectivity index (χ1) is 8.48. The summed E-state index contributed by atoms with van der Waals surface area (Å²) in [6.07, 6.45) is 0.434. The fourth-order valence-corrected chi connectivity index (χ4v) is 1.85. The zero-order chi connectivity index (χ0) is 14.8. The summed E-state index contributed by atoms with van der Waals surface area (Å²) in [6.45, 7) is 11.4. The molecule has 1 aliphatic rings. The van der Waals surface area contributed by atoms with E-state index >= 15 is 0 Å². The smallest absolute Gasteiger partial charge is 0.323 e. The minimum Gasteiger partial charge on any atom is -0.460 e. The second-order valence-corrected chi connectivity index (χ2v) is 6.96. The van der Waals surface area contributed by atoms with Crippen molar-refractivity contribution in [2.24, 2.45) is 5.92 Å². The maximum Gasteiger partial charge on any atom is 0.323 e. The molecule has 5 heteroatoms. The zero-order valence-corrected chi connectivity index (χ0v) is 12.7. The van der Waals surface area contributed by atoms with E-state index in [1.165, 1.54) is 0 Å². The van der Waals surface area contributed by atoms with Crippen molar-refractivity contribution in [3.63, 3.8) is 0 Å². The van der Waals surface area contributed by atoms with Crippen LogP contribution in [0.2, 0.25) is 0 Å². The van der Waals surface area contributed by atoms with Gasteiger partial charge in [0, 0.05) is 6.54 Å². The van der Waals surface area contributed by atoms with Crippen LogP contribution < -0.4 is 5.32 Å². The van der Waals surface area contributed by atoms with Gasteiger partial charge in [0.2, 0.25) is 0 Å². The molecule has 19 heavy (non-hydrogen) atoms. The third-order valence-electron chi connectivity index (χ3n) is 2.56. The van der Waals surface area contributed by atoms with Crippen LogP contribution in [-0.2, 0) is 19.1 Å². The molecule has 0 unspecified atom stereocenters. The average Bonchev–Trinajstić information content (AvgIpc) is 2.60. The van der Waals surface area contributed by atoms with Crippen molar-refractivity contribution in [3.8, 4) is 0 Å². The number of carbonyl (C=O) groups is 2. The Kier molecular flexibility index (Phi) is 4.61. The van der Waals surface area contributed by atoms with Crippen LogP contribution in [0.4, 0.5) is 0 Å². The van der Waals surface area contributed by atoms with E-state index in [1.54, 1.807) is 0 Å². The minimum absolute atomic E-state index is 0.258. The Morgan fingerprint density at radius 1 is 0.947 bits per heavy atom. The fourth-order valence-electron chi connectivity index (χ4n) is 1.85. The summed E-state index contributed by atoms with van der Waals surface area (Å²) in [4.78, 5) is 23.8. The van der Waals surface area contributed by atoms with E-state index in [4.69, 9.17) is 9.47 Å². The van der Waals surface area contributed by atoms with Crippen molar-refractivity contribution in [2.75, 3.05) is 6.54 Å². The Labute approximate surface area is 115 Å². The van der Waals surface area contributed by atoms with Gasteiger partial charge < -0.3 is 14.8 Å². The van der Waals surface area contributed by atoms with E-state index in [9.17, 15) is 9.59 Å². The summed E-state index contributed by atoms with van der Waals surface area (Å²) in [5.74, 6) is -0.846. The van der Waals surface area contributed by atoms with E-state index in [2.05, 4.69) is 5.32 Å². The Bertz CT molecular complexity index is 317. The molecule has 0 bridgehead atoms. The highest BCUT2D eigenvalue weighted by Crippen LogP contribution is 2.21. The summed E-state index contributed by atoms with van der Waals surface area (Å²) < 4.78 is 10.6. The summed E-state index contributed by atoms with van der Waals surface area (Å²) in [5, 5.41) is 3.02. The molecule has 110 valence electrons. The quantitative estimate of drug-likeness (QED) is 0.774. The van der Waals surface area contributed by atoms with E-state index in [0.717, 1.165) is 0 Å². The maximum atomic E-state index is 11.9. The van der Waals surface area contributed by atoms with Gasteiger partial charge >= 0.3 is 11.9 Å². The van der Waals surface area contributed by atoms with Gasteiger partial charge in [-0.3, -0.25) is 9.59 Å². The van der Waals surface area contributed by atoms with Crippen LogP contribution in [-0.4, -0.2) is 35.7 Å². The predicted molar refractivity (Wildman–Crippen MR) is 71.6 cm³/mol. The first kappa shape index (κ1) is 16.0. The van der Waals surface area contributed by atoms with Gasteiger partial charge in [0.05, 0.1) is 5.92 Å². The lowest BCUT2D eigenvalue weighted by Gasteiger charge is -2.22. The lowest BCUT2D eigenvalue weighted by atomic mass is 10.1. The third kappa shape index (κ3) is 5.59. The zero-order valence-electron chi connectivity index (χ0n) is 12.7. The fraction of sp³-hybridized carbons (Fsp3) is 0.857. The number of hydrogen-bond acceptors (Lipinski definition) is 5. The van der Waals surface area contributed by atoms with Gasteiger partial charge in [-0.1, -0.05) is 0 Å². The Hall–Kier alpha value is -1.10. The number of nitrogens with one attached hydrogen (secondary N) is 1. The van der Waals surface area contributed by atoms with Crippen LogP contribution in [0.1, 0.15) is 48.0 Å². The van der Waals surface area contributed by atoms with E-state index in [1.807, 2.05) is 41.5 Å². The molecule has 1 aliphatic heterocycles. The average molecular weight is 271 g/mol. The SMILES string of the molecule is CC(C)(C)OC(=O)[C@H]1CN[C@@H](C(=O)OC(C)(C)C)C1. The van der Waals surface area contributed by atoms with Crippen molar-refractivity contribution < 1.29 is 19.1 Å². The van der Waals surface area contributed by atoms with Crippen LogP contribution in [0.15, 0.2) is 0 Å². The van der Waals surface area contributed by atoms with Gasteiger partial charge in [-0.25, -0.2) is 0 Å². The van der Waals surface area contributed by atoms with Gasteiger partial charge in [0.25, 0.3) is 0 Å². The van der Waals surface area contributed by atoms with E-state index < -0.39 is 17.2 Å². The summed E-state index contributed by atoms with van der Waals surface area (Å²) in [6, 6.07) is -0.420. The van der Waals surface area contributed by atoms with Crippen molar-refractivity contribution in [1.82, 2.24) is 5.32 Å². The Morgan fingerprint density at radius 2 is 1.42 bits per heavy atom. The topological polar surface area (TPSA) is 64.6 Å². The van der Waals surface area contributed by atoms with E-state index in [-0.39, 0.29) is 17.9 Å². The van der Waals surface area contributed by atoms with Crippen molar-refractivity contribution >= 4 is 11.9 Å². The first-order valence-corrected chi connectivity index (χ1v) is 6.67. The van der Waals surface area contributed by atoms with E-state index in [0.29, 0.717) is 13.0 Å². The van der Waals surface area contributed by atoms with Crippen LogP contribution in [0.25, 0.3) is 0 Å².